The van der Waals surface area contributed by atoms with Crippen molar-refractivity contribution in [3.05, 3.63) is 70.7 Å². The van der Waals surface area contributed by atoms with Crippen LogP contribution in [0.4, 0.5) is 5.13 Å². The van der Waals surface area contributed by atoms with Crippen molar-refractivity contribution in [2.75, 3.05) is 18.4 Å². The minimum Gasteiger partial charge on any atom is -0.296 e. The maximum Gasteiger partial charge on any atom is 0.257 e. The average Bonchev–Trinajstić information content (AvgIpc) is 3.03. The molecule has 1 aliphatic rings. The third-order valence-electron chi connectivity index (χ3n) is 5.20. The number of aromatic nitrogens is 2. The van der Waals surface area contributed by atoms with Gasteiger partial charge in [0.25, 0.3) is 5.91 Å². The van der Waals surface area contributed by atoms with Crippen molar-refractivity contribution >= 4 is 32.4 Å². The number of hydrogen-bond acceptors (Lipinski definition) is 6. The number of amides is 1. The van der Waals surface area contributed by atoms with Crippen LogP contribution in [0.5, 0.6) is 0 Å². The quantitative estimate of drug-likeness (QED) is 0.606. The molecule has 2 aromatic carbocycles. The third kappa shape index (κ3) is 5.36. The van der Waals surface area contributed by atoms with Gasteiger partial charge >= 0.3 is 0 Å². The summed E-state index contributed by atoms with van der Waals surface area (Å²) in [6.45, 7) is 1.10. The van der Waals surface area contributed by atoms with E-state index in [0.717, 1.165) is 36.3 Å². The Kier molecular flexibility index (Phi) is 6.74. The van der Waals surface area contributed by atoms with Gasteiger partial charge in [-0.3, -0.25) is 10.1 Å². The van der Waals surface area contributed by atoms with E-state index in [0.29, 0.717) is 30.2 Å². The first-order chi connectivity index (χ1) is 15.0. The first-order valence-electron chi connectivity index (χ1n) is 10.3. The van der Waals surface area contributed by atoms with E-state index in [1.807, 2.05) is 30.3 Å². The van der Waals surface area contributed by atoms with Gasteiger partial charge in [0.05, 0.1) is 4.90 Å². The molecule has 3 aromatic rings. The first kappa shape index (κ1) is 21.6. The van der Waals surface area contributed by atoms with Crippen molar-refractivity contribution in [3.63, 3.8) is 0 Å². The number of anilines is 1. The standard InChI is InChI=1S/C22H24N4O3S2/c27-21(23-22-25-24-20(30-22)16-17-8-4-3-5-9-17)18-10-12-19(13-11-18)31(28,29)26-14-6-1-2-7-15-26/h3-5,8-13H,1-2,6-7,14-16H2,(H,23,25,27). The summed E-state index contributed by atoms with van der Waals surface area (Å²) in [5, 5.41) is 12.1. The molecular weight excluding hydrogens is 432 g/mol. The fourth-order valence-corrected chi connectivity index (χ4v) is 5.81. The molecule has 0 radical (unpaired) electrons. The summed E-state index contributed by atoms with van der Waals surface area (Å²) in [4.78, 5) is 12.8. The summed E-state index contributed by atoms with van der Waals surface area (Å²) >= 11 is 1.32. The topological polar surface area (TPSA) is 92.3 Å². The second-order valence-corrected chi connectivity index (χ2v) is 10.5. The lowest BCUT2D eigenvalue weighted by Crippen LogP contribution is -2.31. The maximum atomic E-state index is 12.9. The molecule has 2 heterocycles. The highest BCUT2D eigenvalue weighted by Gasteiger charge is 2.25. The number of nitrogens with one attached hydrogen (secondary N) is 1. The molecule has 0 aliphatic carbocycles. The van der Waals surface area contributed by atoms with Gasteiger partial charge in [0, 0.05) is 25.1 Å². The van der Waals surface area contributed by atoms with Crippen molar-refractivity contribution in [2.45, 2.75) is 37.0 Å². The lowest BCUT2D eigenvalue weighted by Gasteiger charge is -2.20. The zero-order chi connectivity index (χ0) is 21.7. The van der Waals surface area contributed by atoms with Crippen LogP contribution in [0.3, 0.4) is 0 Å². The van der Waals surface area contributed by atoms with E-state index >= 15 is 0 Å². The molecule has 9 heteroatoms. The van der Waals surface area contributed by atoms with E-state index in [-0.39, 0.29) is 10.8 Å². The number of hydrogen-bond donors (Lipinski definition) is 1. The van der Waals surface area contributed by atoms with Gasteiger partial charge in [-0.1, -0.05) is 54.5 Å². The molecule has 1 aliphatic heterocycles. The molecule has 1 saturated heterocycles. The van der Waals surface area contributed by atoms with E-state index in [4.69, 9.17) is 0 Å². The van der Waals surface area contributed by atoms with Crippen LogP contribution in [0.15, 0.2) is 59.5 Å². The Hall–Kier alpha value is -2.62. The molecule has 1 amide bonds. The number of carbonyl (C=O) groups is 1. The number of rotatable bonds is 6. The van der Waals surface area contributed by atoms with Crippen LogP contribution >= 0.6 is 11.3 Å². The Morgan fingerprint density at radius 2 is 1.61 bits per heavy atom. The van der Waals surface area contributed by atoms with Gasteiger partial charge in [-0.2, -0.15) is 4.31 Å². The monoisotopic (exact) mass is 456 g/mol. The lowest BCUT2D eigenvalue weighted by atomic mass is 10.2. The van der Waals surface area contributed by atoms with Crippen molar-refractivity contribution in [3.8, 4) is 0 Å². The molecule has 1 fully saturated rings. The zero-order valence-electron chi connectivity index (χ0n) is 17.0. The highest BCUT2D eigenvalue weighted by molar-refractivity contribution is 7.89. The number of carbonyl (C=O) groups excluding carboxylic acids is 1. The van der Waals surface area contributed by atoms with Crippen LogP contribution in [-0.2, 0) is 16.4 Å². The van der Waals surface area contributed by atoms with Crippen molar-refractivity contribution in [1.29, 1.82) is 0 Å². The van der Waals surface area contributed by atoms with Gasteiger partial charge in [-0.15, -0.1) is 10.2 Å². The van der Waals surface area contributed by atoms with Gasteiger partial charge in [-0.25, -0.2) is 8.42 Å². The number of benzene rings is 2. The zero-order valence-corrected chi connectivity index (χ0v) is 18.7. The van der Waals surface area contributed by atoms with E-state index in [1.165, 1.54) is 35.6 Å². The van der Waals surface area contributed by atoms with Gasteiger partial charge in [0.15, 0.2) is 0 Å². The third-order valence-corrected chi connectivity index (χ3v) is 7.96. The minimum absolute atomic E-state index is 0.215. The largest absolute Gasteiger partial charge is 0.296 e. The molecule has 0 unspecified atom stereocenters. The molecule has 1 aromatic heterocycles. The number of sulfonamides is 1. The highest BCUT2D eigenvalue weighted by atomic mass is 32.2. The Morgan fingerprint density at radius 3 is 2.29 bits per heavy atom. The summed E-state index contributed by atoms with van der Waals surface area (Å²) in [5.41, 5.74) is 1.49. The molecular formula is C22H24N4O3S2. The normalized spacial score (nSPS) is 15.4. The molecule has 1 N–H and O–H groups in total. The van der Waals surface area contributed by atoms with E-state index in [9.17, 15) is 13.2 Å². The summed E-state index contributed by atoms with van der Waals surface area (Å²) < 4.78 is 27.3. The Balaban J connectivity index is 1.40. The second kappa shape index (κ2) is 9.67. The van der Waals surface area contributed by atoms with Crippen LogP contribution in [0.2, 0.25) is 0 Å². The molecule has 31 heavy (non-hydrogen) atoms. The fraction of sp³-hybridized carbons (Fsp3) is 0.318. The van der Waals surface area contributed by atoms with Crippen LogP contribution in [0.1, 0.15) is 46.6 Å². The van der Waals surface area contributed by atoms with Gasteiger partial charge < -0.3 is 0 Å². The van der Waals surface area contributed by atoms with E-state index < -0.39 is 10.0 Å². The molecule has 0 atom stereocenters. The highest BCUT2D eigenvalue weighted by Crippen LogP contribution is 2.22. The van der Waals surface area contributed by atoms with Crippen LogP contribution in [0.25, 0.3) is 0 Å². The first-order valence-corrected chi connectivity index (χ1v) is 12.6. The Bertz CT molecular complexity index is 1120. The maximum absolute atomic E-state index is 12.9. The fourth-order valence-electron chi connectivity index (χ4n) is 3.52. The summed E-state index contributed by atoms with van der Waals surface area (Å²) in [5.74, 6) is -0.346. The Labute approximate surface area is 186 Å². The van der Waals surface area contributed by atoms with Crippen LogP contribution in [-0.4, -0.2) is 41.9 Å². The van der Waals surface area contributed by atoms with E-state index in [2.05, 4.69) is 15.5 Å². The molecule has 162 valence electrons. The van der Waals surface area contributed by atoms with Crippen molar-refractivity contribution < 1.29 is 13.2 Å². The SMILES string of the molecule is O=C(Nc1nnc(Cc2ccccc2)s1)c1ccc(S(=O)(=O)N2CCCCCC2)cc1. The lowest BCUT2D eigenvalue weighted by molar-refractivity contribution is 0.102. The van der Waals surface area contributed by atoms with Gasteiger partial charge in [-0.05, 0) is 42.7 Å². The Morgan fingerprint density at radius 1 is 0.935 bits per heavy atom. The molecule has 0 spiro atoms. The number of nitrogens with zero attached hydrogens (tertiary/aromatic N) is 3. The molecule has 0 bridgehead atoms. The second-order valence-electron chi connectivity index (χ2n) is 7.46. The van der Waals surface area contributed by atoms with E-state index in [1.54, 1.807) is 4.31 Å². The van der Waals surface area contributed by atoms with Crippen LogP contribution < -0.4 is 5.32 Å². The minimum atomic E-state index is -3.53. The summed E-state index contributed by atoms with van der Waals surface area (Å²) in [6.07, 6.45) is 4.53. The predicted octanol–water partition coefficient (Wildman–Crippen LogP) is 3.95. The molecule has 4 rings (SSSR count). The summed E-state index contributed by atoms with van der Waals surface area (Å²) in [6, 6.07) is 16.0. The summed E-state index contributed by atoms with van der Waals surface area (Å²) in [7, 11) is -3.53. The van der Waals surface area contributed by atoms with Crippen molar-refractivity contribution in [1.82, 2.24) is 14.5 Å². The van der Waals surface area contributed by atoms with Gasteiger partial charge in [0.1, 0.15) is 5.01 Å². The smallest absolute Gasteiger partial charge is 0.257 e. The molecule has 0 saturated carbocycles. The van der Waals surface area contributed by atoms with Gasteiger partial charge in [0.2, 0.25) is 15.2 Å². The predicted molar refractivity (Wildman–Crippen MR) is 121 cm³/mol. The average molecular weight is 457 g/mol. The van der Waals surface area contributed by atoms with Crippen LogP contribution in [0, 0.1) is 0 Å². The molecule has 7 nitrogen and oxygen atoms in total. The van der Waals surface area contributed by atoms with Crippen molar-refractivity contribution in [2.24, 2.45) is 0 Å².